The van der Waals surface area contributed by atoms with Gasteiger partial charge in [0.25, 0.3) is 10.0 Å². The summed E-state index contributed by atoms with van der Waals surface area (Å²) in [6.07, 6.45) is 0.727. The van der Waals surface area contributed by atoms with Crippen molar-refractivity contribution in [2.24, 2.45) is 0 Å². The molecule has 0 aliphatic carbocycles. The van der Waals surface area contributed by atoms with Crippen LogP contribution >= 0.6 is 0 Å². The molecule has 0 heterocycles. The van der Waals surface area contributed by atoms with Gasteiger partial charge in [0, 0.05) is 12.6 Å². The monoisotopic (exact) mass is 595 g/mol. The smallest absolute Gasteiger partial charge is 0.264 e. The zero-order chi connectivity index (χ0) is 30.9. The highest BCUT2D eigenvalue weighted by molar-refractivity contribution is 7.92. The number of hydrogen-bond acceptors (Lipinski definition) is 6. The van der Waals surface area contributed by atoms with Crippen LogP contribution in [0.15, 0.2) is 77.7 Å². The molecule has 1 N–H and O–H groups in total. The van der Waals surface area contributed by atoms with E-state index in [9.17, 15) is 18.0 Å². The Kier molecular flexibility index (Phi) is 11.4. The number of rotatable bonds is 14. The molecule has 0 saturated carbocycles. The van der Waals surface area contributed by atoms with Crippen LogP contribution in [-0.4, -0.2) is 57.5 Å². The minimum atomic E-state index is -4.15. The minimum Gasteiger partial charge on any atom is -0.497 e. The van der Waals surface area contributed by atoms with Crippen molar-refractivity contribution in [3.05, 3.63) is 83.9 Å². The van der Waals surface area contributed by atoms with E-state index in [-0.39, 0.29) is 23.4 Å². The molecule has 0 radical (unpaired) electrons. The van der Waals surface area contributed by atoms with E-state index in [2.05, 4.69) is 5.32 Å². The van der Waals surface area contributed by atoms with Crippen molar-refractivity contribution in [2.45, 2.75) is 64.6 Å². The molecule has 0 bridgehead atoms. The minimum absolute atomic E-state index is 0.0547. The molecule has 0 fully saturated rings. The van der Waals surface area contributed by atoms with Crippen LogP contribution < -0.4 is 19.1 Å². The molecule has 2 atom stereocenters. The number of sulfonamides is 1. The number of carbonyl (C=O) groups excluding carboxylic acids is 2. The summed E-state index contributed by atoms with van der Waals surface area (Å²) in [5, 5.41) is 2.93. The van der Waals surface area contributed by atoms with Crippen LogP contribution in [0, 0.1) is 6.92 Å². The number of amides is 2. The van der Waals surface area contributed by atoms with E-state index in [1.54, 1.807) is 62.6 Å². The Hall–Kier alpha value is -4.05. The van der Waals surface area contributed by atoms with Crippen molar-refractivity contribution in [3.63, 3.8) is 0 Å². The highest BCUT2D eigenvalue weighted by Gasteiger charge is 2.32. The third-order valence-corrected chi connectivity index (χ3v) is 8.79. The maximum Gasteiger partial charge on any atom is 0.264 e. The van der Waals surface area contributed by atoms with Crippen LogP contribution in [0.25, 0.3) is 0 Å². The summed E-state index contributed by atoms with van der Waals surface area (Å²) >= 11 is 0. The summed E-state index contributed by atoms with van der Waals surface area (Å²) in [5.41, 5.74) is 1.97. The second-order valence-electron chi connectivity index (χ2n) is 10.1. The first-order valence-corrected chi connectivity index (χ1v) is 15.5. The predicted molar refractivity (Wildman–Crippen MR) is 164 cm³/mol. The molecule has 0 aromatic heterocycles. The lowest BCUT2D eigenvalue weighted by atomic mass is 10.1. The van der Waals surface area contributed by atoms with Crippen molar-refractivity contribution >= 4 is 27.5 Å². The molecule has 3 rings (SSSR count). The van der Waals surface area contributed by atoms with E-state index < -0.39 is 28.5 Å². The molecule has 9 nitrogen and oxygen atoms in total. The number of anilines is 1. The normalized spacial score (nSPS) is 12.6. The van der Waals surface area contributed by atoms with Gasteiger partial charge in [-0.15, -0.1) is 0 Å². The zero-order valence-corrected chi connectivity index (χ0v) is 26.0. The first-order valence-electron chi connectivity index (χ1n) is 14.0. The van der Waals surface area contributed by atoms with E-state index in [1.807, 2.05) is 39.8 Å². The van der Waals surface area contributed by atoms with Crippen LogP contribution in [0.5, 0.6) is 11.5 Å². The topological polar surface area (TPSA) is 105 Å². The summed E-state index contributed by atoms with van der Waals surface area (Å²) in [4.78, 5) is 28.7. The van der Waals surface area contributed by atoms with Gasteiger partial charge in [-0.2, -0.15) is 0 Å². The van der Waals surface area contributed by atoms with Crippen molar-refractivity contribution in [2.75, 3.05) is 24.6 Å². The van der Waals surface area contributed by atoms with Crippen LogP contribution in [0.1, 0.15) is 45.2 Å². The largest absolute Gasteiger partial charge is 0.497 e. The standard InChI is InChI=1S/C32H41N3O6S/c1-7-24(4)33-32(37)25(5)34(21-26-11-15-28(40-6)16-12-26)31(36)22-35(27-13-17-29(18-14-27)41-8-2)42(38,39)30-19-9-23(3)10-20-30/h9-20,24-25H,7-8,21-22H2,1-6H3,(H,33,37). The second-order valence-corrected chi connectivity index (χ2v) is 12.0. The van der Waals surface area contributed by atoms with Crippen molar-refractivity contribution in [3.8, 4) is 11.5 Å². The summed E-state index contributed by atoms with van der Waals surface area (Å²) < 4.78 is 39.8. The lowest BCUT2D eigenvalue weighted by molar-refractivity contribution is -0.139. The molecular formula is C32H41N3O6S. The molecular weight excluding hydrogens is 554 g/mol. The number of ether oxygens (including phenoxy) is 2. The number of hydrogen-bond donors (Lipinski definition) is 1. The predicted octanol–water partition coefficient (Wildman–Crippen LogP) is 4.93. The number of nitrogens with zero attached hydrogens (tertiary/aromatic N) is 2. The third-order valence-electron chi connectivity index (χ3n) is 7.00. The molecule has 0 aliphatic rings. The maximum atomic E-state index is 14.0. The fourth-order valence-electron chi connectivity index (χ4n) is 4.22. The number of carbonyl (C=O) groups is 2. The average molecular weight is 596 g/mol. The molecule has 2 unspecified atom stereocenters. The van der Waals surface area contributed by atoms with Gasteiger partial charge >= 0.3 is 0 Å². The molecule has 0 spiro atoms. The molecule has 10 heteroatoms. The number of aryl methyl sites for hydroxylation is 1. The van der Waals surface area contributed by atoms with E-state index in [0.29, 0.717) is 23.8 Å². The Balaban J connectivity index is 2.02. The van der Waals surface area contributed by atoms with Gasteiger partial charge in [0.1, 0.15) is 24.1 Å². The third kappa shape index (κ3) is 8.25. The zero-order valence-electron chi connectivity index (χ0n) is 25.2. The maximum absolute atomic E-state index is 14.0. The fourth-order valence-corrected chi connectivity index (χ4v) is 5.63. The van der Waals surface area contributed by atoms with E-state index in [0.717, 1.165) is 21.9 Å². The van der Waals surface area contributed by atoms with E-state index >= 15 is 0 Å². The van der Waals surface area contributed by atoms with Gasteiger partial charge in [-0.3, -0.25) is 13.9 Å². The molecule has 0 aliphatic heterocycles. The van der Waals surface area contributed by atoms with Gasteiger partial charge in [-0.1, -0.05) is 36.8 Å². The van der Waals surface area contributed by atoms with Crippen molar-refractivity contribution in [1.29, 1.82) is 0 Å². The van der Waals surface area contributed by atoms with Crippen molar-refractivity contribution in [1.82, 2.24) is 10.2 Å². The molecule has 2 amide bonds. The van der Waals surface area contributed by atoms with Crippen LogP contribution in [0.4, 0.5) is 5.69 Å². The van der Waals surface area contributed by atoms with E-state index in [4.69, 9.17) is 9.47 Å². The Labute approximate surface area is 249 Å². The molecule has 3 aromatic carbocycles. The second kappa shape index (κ2) is 14.7. The summed E-state index contributed by atoms with van der Waals surface area (Å²) in [6.45, 7) is 9.27. The Morgan fingerprint density at radius 3 is 2.02 bits per heavy atom. The van der Waals surface area contributed by atoms with Gasteiger partial charge in [0.2, 0.25) is 11.8 Å². The summed E-state index contributed by atoms with van der Waals surface area (Å²) in [7, 11) is -2.58. The number of methoxy groups -OCH3 is 1. The van der Waals surface area contributed by atoms with Gasteiger partial charge in [0.15, 0.2) is 0 Å². The van der Waals surface area contributed by atoms with Crippen LogP contribution in [0.2, 0.25) is 0 Å². The van der Waals surface area contributed by atoms with Crippen molar-refractivity contribution < 1.29 is 27.5 Å². The average Bonchev–Trinajstić information content (AvgIpc) is 2.99. The van der Waals surface area contributed by atoms with Gasteiger partial charge < -0.3 is 19.7 Å². The first kappa shape index (κ1) is 32.5. The molecule has 0 saturated heterocycles. The molecule has 3 aromatic rings. The Morgan fingerprint density at radius 1 is 0.881 bits per heavy atom. The Bertz CT molecular complexity index is 1420. The lowest BCUT2D eigenvalue weighted by Gasteiger charge is -2.32. The van der Waals surface area contributed by atoms with E-state index in [1.165, 1.54) is 17.0 Å². The first-order chi connectivity index (χ1) is 20.0. The highest BCUT2D eigenvalue weighted by atomic mass is 32.2. The van der Waals surface area contributed by atoms with Gasteiger partial charge in [-0.25, -0.2) is 8.42 Å². The molecule has 226 valence electrons. The highest BCUT2D eigenvalue weighted by Crippen LogP contribution is 2.27. The molecule has 42 heavy (non-hydrogen) atoms. The van der Waals surface area contributed by atoms with Gasteiger partial charge in [0.05, 0.1) is 24.3 Å². The van der Waals surface area contributed by atoms with Gasteiger partial charge in [-0.05, 0) is 88.2 Å². The SMILES string of the molecule is CCOc1ccc(N(CC(=O)N(Cc2ccc(OC)cc2)C(C)C(=O)NC(C)CC)S(=O)(=O)c2ccc(C)cc2)cc1. The fraction of sp³-hybridized carbons (Fsp3) is 0.375. The summed E-state index contributed by atoms with van der Waals surface area (Å²) in [5.74, 6) is 0.393. The van der Waals surface area contributed by atoms with Crippen LogP contribution in [0.3, 0.4) is 0 Å². The lowest BCUT2D eigenvalue weighted by Crippen LogP contribution is -2.52. The quantitative estimate of drug-likeness (QED) is 0.283. The number of benzene rings is 3. The van der Waals surface area contributed by atoms with Crippen LogP contribution in [-0.2, 0) is 26.2 Å². The summed E-state index contributed by atoms with van der Waals surface area (Å²) in [6, 6.07) is 19.2. The Morgan fingerprint density at radius 2 is 1.48 bits per heavy atom. The number of nitrogens with one attached hydrogen (secondary N) is 1.